The summed E-state index contributed by atoms with van der Waals surface area (Å²) in [6.07, 6.45) is 0. The number of aliphatic imine (C=N–C) groups is 1. The lowest BCUT2D eigenvalue weighted by Gasteiger charge is -2.13. The van der Waals surface area contributed by atoms with Gasteiger partial charge >= 0.3 is 6.61 Å². The van der Waals surface area contributed by atoms with E-state index in [1.165, 1.54) is 20.1 Å². The quantitative estimate of drug-likeness (QED) is 0.216. The molecule has 0 aromatic heterocycles. The number of amides is 1. The molecular formula is C16H25F2IN4O3. The van der Waals surface area contributed by atoms with Crippen LogP contribution in [0.15, 0.2) is 23.2 Å². The number of hydrogen-bond donors (Lipinski definition) is 3. The Kier molecular flexibility index (Phi) is 12.4. The van der Waals surface area contributed by atoms with Crippen LogP contribution in [-0.4, -0.2) is 45.2 Å². The van der Waals surface area contributed by atoms with Crippen molar-refractivity contribution in [2.75, 3.05) is 26.7 Å². The van der Waals surface area contributed by atoms with Crippen molar-refractivity contribution in [2.24, 2.45) is 4.99 Å². The summed E-state index contributed by atoms with van der Waals surface area (Å²) in [4.78, 5) is 15.2. The Morgan fingerprint density at radius 1 is 1.23 bits per heavy atom. The summed E-state index contributed by atoms with van der Waals surface area (Å²) >= 11 is 0. The van der Waals surface area contributed by atoms with Crippen LogP contribution in [0.3, 0.4) is 0 Å². The Balaban J connectivity index is 0.00000625. The van der Waals surface area contributed by atoms with Crippen LogP contribution >= 0.6 is 24.0 Å². The zero-order valence-electron chi connectivity index (χ0n) is 15.0. The number of alkyl halides is 2. The molecule has 0 spiro atoms. The number of ether oxygens (including phenoxy) is 2. The molecule has 1 aromatic carbocycles. The van der Waals surface area contributed by atoms with Gasteiger partial charge in [-0.1, -0.05) is 0 Å². The monoisotopic (exact) mass is 486 g/mol. The Bertz CT molecular complexity index is 589. The Hall–Kier alpha value is -1.85. The third-order valence-electron chi connectivity index (χ3n) is 3.03. The number of carbonyl (C=O) groups is 1. The second-order valence-electron chi connectivity index (χ2n) is 4.96. The van der Waals surface area contributed by atoms with E-state index in [9.17, 15) is 13.6 Å². The van der Waals surface area contributed by atoms with Gasteiger partial charge in [-0.2, -0.15) is 8.78 Å². The molecule has 0 saturated heterocycles. The van der Waals surface area contributed by atoms with E-state index in [-0.39, 0.29) is 42.2 Å². The van der Waals surface area contributed by atoms with Crippen molar-refractivity contribution in [1.82, 2.24) is 16.0 Å². The summed E-state index contributed by atoms with van der Waals surface area (Å²) < 4.78 is 34.7. The molecule has 0 radical (unpaired) electrons. The highest BCUT2D eigenvalue weighted by Crippen LogP contribution is 2.26. The maximum atomic E-state index is 12.5. The molecule has 0 unspecified atom stereocenters. The summed E-state index contributed by atoms with van der Waals surface area (Å²) in [5, 5.41) is 8.73. The standard InChI is InChI=1S/C16H24F2N4O3.HI/c1-4-19-16(21-8-7-20-11(2)23)22-10-12-9-13(24-3)5-6-14(12)25-15(17)18;/h5-6,9,15H,4,7-8,10H2,1-3H3,(H,20,23)(H2,19,21,22);1H. The largest absolute Gasteiger partial charge is 0.497 e. The molecule has 0 aliphatic rings. The third-order valence-corrected chi connectivity index (χ3v) is 3.03. The molecule has 0 atom stereocenters. The fourth-order valence-corrected chi connectivity index (χ4v) is 1.94. The number of carbonyl (C=O) groups excluding carboxylic acids is 1. The molecule has 10 heteroatoms. The van der Waals surface area contributed by atoms with Gasteiger partial charge < -0.3 is 25.4 Å². The van der Waals surface area contributed by atoms with E-state index in [2.05, 4.69) is 25.7 Å². The second-order valence-corrected chi connectivity index (χ2v) is 4.96. The van der Waals surface area contributed by atoms with Gasteiger partial charge in [0.1, 0.15) is 11.5 Å². The summed E-state index contributed by atoms with van der Waals surface area (Å²) in [6, 6.07) is 4.57. The highest BCUT2D eigenvalue weighted by molar-refractivity contribution is 14.0. The topological polar surface area (TPSA) is 84.0 Å². The van der Waals surface area contributed by atoms with Crippen LogP contribution in [0.4, 0.5) is 8.78 Å². The average Bonchev–Trinajstić information content (AvgIpc) is 2.56. The fraction of sp³-hybridized carbons (Fsp3) is 0.500. The lowest BCUT2D eigenvalue weighted by molar-refractivity contribution is -0.118. The minimum Gasteiger partial charge on any atom is -0.497 e. The summed E-state index contributed by atoms with van der Waals surface area (Å²) in [6.45, 7) is 2.09. The first kappa shape index (κ1) is 24.1. The highest BCUT2D eigenvalue weighted by atomic mass is 127. The van der Waals surface area contributed by atoms with Gasteiger partial charge in [0.25, 0.3) is 0 Å². The predicted molar refractivity (Wildman–Crippen MR) is 107 cm³/mol. The number of rotatable bonds is 9. The van der Waals surface area contributed by atoms with Crippen molar-refractivity contribution in [1.29, 1.82) is 0 Å². The highest BCUT2D eigenvalue weighted by Gasteiger charge is 2.11. The summed E-state index contributed by atoms with van der Waals surface area (Å²) in [5.74, 6) is 0.955. The second kappa shape index (κ2) is 13.4. The zero-order valence-corrected chi connectivity index (χ0v) is 17.3. The van der Waals surface area contributed by atoms with Gasteiger partial charge in [-0.25, -0.2) is 4.99 Å². The van der Waals surface area contributed by atoms with Crippen LogP contribution in [0.1, 0.15) is 19.4 Å². The molecule has 7 nitrogen and oxygen atoms in total. The van der Waals surface area contributed by atoms with Crippen molar-refractivity contribution in [2.45, 2.75) is 27.0 Å². The van der Waals surface area contributed by atoms with Gasteiger partial charge in [0.15, 0.2) is 5.96 Å². The van der Waals surface area contributed by atoms with Crippen molar-refractivity contribution >= 4 is 35.8 Å². The molecule has 1 amide bonds. The number of nitrogens with one attached hydrogen (secondary N) is 3. The third kappa shape index (κ3) is 9.59. The van der Waals surface area contributed by atoms with Gasteiger partial charge in [0.05, 0.1) is 13.7 Å². The molecule has 26 heavy (non-hydrogen) atoms. The summed E-state index contributed by atoms with van der Waals surface area (Å²) in [7, 11) is 1.49. The normalized spacial score (nSPS) is 10.8. The SMILES string of the molecule is CCNC(=NCc1cc(OC)ccc1OC(F)F)NCCNC(C)=O.I. The average molecular weight is 486 g/mol. The van der Waals surface area contributed by atoms with Gasteiger partial charge in [-0.3, -0.25) is 4.79 Å². The summed E-state index contributed by atoms with van der Waals surface area (Å²) in [5.41, 5.74) is 0.471. The maximum absolute atomic E-state index is 12.5. The first-order chi connectivity index (χ1) is 12.0. The molecule has 0 heterocycles. The van der Waals surface area contributed by atoms with Crippen LogP contribution in [0.5, 0.6) is 11.5 Å². The molecule has 0 bridgehead atoms. The van der Waals surface area contributed by atoms with E-state index in [4.69, 9.17) is 4.74 Å². The lowest BCUT2D eigenvalue weighted by atomic mass is 10.2. The zero-order chi connectivity index (χ0) is 18.7. The molecule has 148 valence electrons. The molecule has 0 fully saturated rings. The van der Waals surface area contributed by atoms with E-state index in [0.717, 1.165) is 0 Å². The van der Waals surface area contributed by atoms with Crippen LogP contribution in [0.25, 0.3) is 0 Å². The maximum Gasteiger partial charge on any atom is 0.387 e. The van der Waals surface area contributed by atoms with Crippen LogP contribution < -0.4 is 25.4 Å². The Morgan fingerprint density at radius 2 is 1.92 bits per heavy atom. The molecule has 1 aromatic rings. The van der Waals surface area contributed by atoms with Crippen molar-refractivity contribution in [3.05, 3.63) is 23.8 Å². The molecule has 1 rings (SSSR count). The van der Waals surface area contributed by atoms with E-state index < -0.39 is 6.61 Å². The van der Waals surface area contributed by atoms with Gasteiger partial charge in [-0.05, 0) is 25.1 Å². The van der Waals surface area contributed by atoms with E-state index in [1.807, 2.05) is 6.92 Å². The number of methoxy groups -OCH3 is 1. The fourth-order valence-electron chi connectivity index (χ4n) is 1.94. The van der Waals surface area contributed by atoms with Gasteiger partial charge in [0.2, 0.25) is 5.91 Å². The van der Waals surface area contributed by atoms with Gasteiger partial charge in [0, 0.05) is 32.1 Å². The number of guanidine groups is 1. The smallest absolute Gasteiger partial charge is 0.387 e. The number of halogens is 3. The number of benzene rings is 1. The number of hydrogen-bond acceptors (Lipinski definition) is 4. The van der Waals surface area contributed by atoms with E-state index >= 15 is 0 Å². The van der Waals surface area contributed by atoms with E-state index in [0.29, 0.717) is 36.9 Å². The first-order valence-electron chi connectivity index (χ1n) is 7.84. The van der Waals surface area contributed by atoms with Crippen LogP contribution in [-0.2, 0) is 11.3 Å². The minimum atomic E-state index is -2.92. The Labute approximate surface area is 168 Å². The molecule has 3 N–H and O–H groups in total. The molecule has 0 saturated carbocycles. The van der Waals surface area contributed by atoms with E-state index in [1.54, 1.807) is 12.1 Å². The number of nitrogens with zero attached hydrogens (tertiary/aromatic N) is 1. The van der Waals surface area contributed by atoms with Crippen molar-refractivity contribution in [3.8, 4) is 11.5 Å². The minimum absolute atomic E-state index is 0. The lowest BCUT2D eigenvalue weighted by Crippen LogP contribution is -2.41. The first-order valence-corrected chi connectivity index (χ1v) is 7.84. The molecular weight excluding hydrogens is 461 g/mol. The van der Waals surface area contributed by atoms with Crippen molar-refractivity contribution in [3.63, 3.8) is 0 Å². The molecule has 0 aliphatic carbocycles. The van der Waals surface area contributed by atoms with Crippen LogP contribution in [0.2, 0.25) is 0 Å². The van der Waals surface area contributed by atoms with Gasteiger partial charge in [-0.15, -0.1) is 24.0 Å². The molecule has 0 aliphatic heterocycles. The Morgan fingerprint density at radius 3 is 2.50 bits per heavy atom. The van der Waals surface area contributed by atoms with Crippen molar-refractivity contribution < 1.29 is 23.0 Å². The van der Waals surface area contributed by atoms with Crippen LogP contribution in [0, 0.1) is 0 Å². The predicted octanol–water partition coefficient (Wildman–Crippen LogP) is 2.11.